The number of carbonyl (C=O) groups is 1. The van der Waals surface area contributed by atoms with Gasteiger partial charge in [-0.1, -0.05) is 18.6 Å². The molecule has 2 aromatic rings. The Morgan fingerprint density at radius 2 is 1.71 bits per heavy atom. The van der Waals surface area contributed by atoms with E-state index in [1.165, 1.54) is 0 Å². The number of fused-ring (bicyclic) bond motifs is 1. The normalized spacial score (nSPS) is 14.7. The second-order valence-electron chi connectivity index (χ2n) is 6.75. The summed E-state index contributed by atoms with van der Waals surface area (Å²) in [6, 6.07) is 6.41. The van der Waals surface area contributed by atoms with Gasteiger partial charge >= 0.3 is 5.97 Å². The molecule has 7 N–H and O–H groups in total. The Balaban J connectivity index is 1.80. The first-order chi connectivity index (χ1) is 13.4. The summed E-state index contributed by atoms with van der Waals surface area (Å²) < 4.78 is 0. The van der Waals surface area contributed by atoms with Crippen molar-refractivity contribution in [1.82, 2.24) is 15.3 Å². The van der Waals surface area contributed by atoms with Gasteiger partial charge in [-0.3, -0.25) is 4.79 Å². The number of aromatic nitrogens is 2. The molecule has 0 saturated carbocycles. The number of rotatable bonds is 12. The fourth-order valence-electron chi connectivity index (χ4n) is 2.82. The predicted molar refractivity (Wildman–Crippen MR) is 104 cm³/mol. The highest BCUT2D eigenvalue weighted by Gasteiger charge is 2.20. The Morgan fingerprint density at radius 1 is 1.07 bits per heavy atom. The predicted octanol–water partition coefficient (Wildman–Crippen LogP) is -0.442. The first-order valence-electron chi connectivity index (χ1n) is 9.33. The molecule has 0 spiro atoms. The third-order valence-electron chi connectivity index (χ3n) is 4.51. The number of nitrogens with zero attached hydrogens (tertiary/aromatic N) is 2. The first-order valence-corrected chi connectivity index (χ1v) is 9.33. The number of aliphatic hydroxyl groups excluding tert-OH is 3. The summed E-state index contributed by atoms with van der Waals surface area (Å²) >= 11 is 0. The molecule has 1 aromatic carbocycles. The van der Waals surface area contributed by atoms with Crippen LogP contribution in [0.15, 0.2) is 24.3 Å². The number of aliphatic hydroxyl groups is 3. The molecule has 0 amide bonds. The van der Waals surface area contributed by atoms with Crippen molar-refractivity contribution in [3.8, 4) is 0 Å². The van der Waals surface area contributed by atoms with Crippen LogP contribution in [0.25, 0.3) is 11.0 Å². The lowest BCUT2D eigenvalue weighted by molar-refractivity contribution is -0.138. The van der Waals surface area contributed by atoms with Crippen molar-refractivity contribution in [2.24, 2.45) is 5.73 Å². The van der Waals surface area contributed by atoms with E-state index in [9.17, 15) is 20.1 Å². The summed E-state index contributed by atoms with van der Waals surface area (Å²) in [6.45, 7) is 0.460. The first kappa shape index (κ1) is 22.1. The van der Waals surface area contributed by atoms with Gasteiger partial charge in [0.1, 0.15) is 6.04 Å². The van der Waals surface area contributed by atoms with E-state index >= 15 is 0 Å². The number of nitrogens with two attached hydrogens (primary N) is 1. The SMILES string of the molecule is N[C@@H](CCCCNCC(O)C(O)Cc1nc2ccccc2nc1CO)C(=O)O. The highest BCUT2D eigenvalue weighted by molar-refractivity contribution is 5.74. The molecular formula is C19H28N4O5. The minimum absolute atomic E-state index is 0.0735. The Morgan fingerprint density at radius 3 is 2.32 bits per heavy atom. The smallest absolute Gasteiger partial charge is 0.320 e. The zero-order valence-corrected chi connectivity index (χ0v) is 15.7. The van der Waals surface area contributed by atoms with E-state index in [-0.39, 0.29) is 19.6 Å². The molecule has 0 fully saturated rings. The van der Waals surface area contributed by atoms with Crippen molar-refractivity contribution in [2.75, 3.05) is 13.1 Å². The number of carboxylic acids is 1. The molecular weight excluding hydrogens is 364 g/mol. The van der Waals surface area contributed by atoms with Crippen molar-refractivity contribution in [3.05, 3.63) is 35.7 Å². The third-order valence-corrected chi connectivity index (χ3v) is 4.51. The van der Waals surface area contributed by atoms with Crippen LogP contribution < -0.4 is 11.1 Å². The minimum atomic E-state index is -1.06. The van der Waals surface area contributed by atoms with E-state index in [0.29, 0.717) is 48.2 Å². The lowest BCUT2D eigenvalue weighted by atomic mass is 10.1. The van der Waals surface area contributed by atoms with Gasteiger partial charge in [-0.05, 0) is 31.5 Å². The number of hydrogen-bond donors (Lipinski definition) is 6. The fraction of sp³-hybridized carbons (Fsp3) is 0.526. The molecule has 154 valence electrons. The van der Waals surface area contributed by atoms with E-state index in [1.807, 2.05) is 12.1 Å². The average molecular weight is 392 g/mol. The van der Waals surface area contributed by atoms with Gasteiger partial charge < -0.3 is 31.5 Å². The van der Waals surface area contributed by atoms with Gasteiger partial charge in [-0.2, -0.15) is 0 Å². The summed E-state index contributed by atoms with van der Waals surface area (Å²) in [5.74, 6) is -1.01. The molecule has 0 aliphatic rings. The molecule has 0 aliphatic carbocycles. The molecule has 28 heavy (non-hydrogen) atoms. The number of hydrogen-bond acceptors (Lipinski definition) is 8. The summed E-state index contributed by atoms with van der Waals surface area (Å²) in [5.41, 5.74) is 7.59. The largest absolute Gasteiger partial charge is 0.480 e. The van der Waals surface area contributed by atoms with Gasteiger partial charge in [0, 0.05) is 13.0 Å². The fourth-order valence-corrected chi connectivity index (χ4v) is 2.82. The van der Waals surface area contributed by atoms with Gasteiger partial charge in [0.25, 0.3) is 0 Å². The topological polar surface area (TPSA) is 162 Å². The number of unbranched alkanes of at least 4 members (excludes halogenated alkanes) is 1. The highest BCUT2D eigenvalue weighted by atomic mass is 16.4. The van der Waals surface area contributed by atoms with Crippen LogP contribution in [0.3, 0.4) is 0 Å². The Labute approximate surface area is 163 Å². The molecule has 0 bridgehead atoms. The molecule has 9 heteroatoms. The summed E-state index contributed by atoms with van der Waals surface area (Å²) in [7, 11) is 0. The van der Waals surface area contributed by atoms with Gasteiger partial charge in [0.2, 0.25) is 0 Å². The maximum absolute atomic E-state index is 10.6. The zero-order valence-electron chi connectivity index (χ0n) is 15.7. The molecule has 2 unspecified atom stereocenters. The number of para-hydroxylation sites is 2. The van der Waals surface area contributed by atoms with Crippen LogP contribution in [0.2, 0.25) is 0 Å². The molecule has 2 rings (SSSR count). The average Bonchev–Trinajstić information content (AvgIpc) is 2.69. The maximum Gasteiger partial charge on any atom is 0.320 e. The maximum atomic E-state index is 10.6. The second-order valence-corrected chi connectivity index (χ2v) is 6.75. The zero-order chi connectivity index (χ0) is 20.5. The van der Waals surface area contributed by atoms with Crippen molar-refractivity contribution < 1.29 is 25.2 Å². The summed E-state index contributed by atoms with van der Waals surface area (Å²) in [6.07, 6.45) is -0.230. The molecule has 3 atom stereocenters. The van der Waals surface area contributed by atoms with Crippen molar-refractivity contribution in [2.45, 2.75) is 50.5 Å². The van der Waals surface area contributed by atoms with Crippen molar-refractivity contribution in [3.63, 3.8) is 0 Å². The van der Waals surface area contributed by atoms with Crippen LogP contribution in [0.1, 0.15) is 30.7 Å². The van der Waals surface area contributed by atoms with Crippen LogP contribution in [0.5, 0.6) is 0 Å². The van der Waals surface area contributed by atoms with Gasteiger partial charge in [-0.25, -0.2) is 9.97 Å². The molecule has 1 heterocycles. The Hall–Kier alpha value is -2.17. The van der Waals surface area contributed by atoms with Gasteiger partial charge in [-0.15, -0.1) is 0 Å². The van der Waals surface area contributed by atoms with E-state index in [1.54, 1.807) is 12.1 Å². The van der Waals surface area contributed by atoms with Crippen LogP contribution in [0, 0.1) is 0 Å². The van der Waals surface area contributed by atoms with Crippen molar-refractivity contribution in [1.29, 1.82) is 0 Å². The third kappa shape index (κ3) is 6.47. The number of nitrogens with one attached hydrogen (secondary N) is 1. The molecule has 9 nitrogen and oxygen atoms in total. The lowest BCUT2D eigenvalue weighted by Crippen LogP contribution is -2.38. The number of aliphatic carboxylic acids is 1. The van der Waals surface area contributed by atoms with Crippen LogP contribution in [-0.4, -0.2) is 67.7 Å². The Kier molecular flexibility index (Phi) is 8.68. The van der Waals surface area contributed by atoms with Crippen LogP contribution in [-0.2, 0) is 17.8 Å². The van der Waals surface area contributed by atoms with Crippen LogP contribution in [0.4, 0.5) is 0 Å². The standard InChI is InChI=1S/C19H28N4O5/c20-12(19(27)28)5-3-4-8-21-10-18(26)17(25)9-15-16(11-24)23-14-7-2-1-6-13(14)22-15/h1-2,6-7,12,17-18,21,24-26H,3-5,8-11,20H2,(H,27,28)/t12-,17?,18?/m0/s1. The second kappa shape index (κ2) is 11.0. The van der Waals surface area contributed by atoms with E-state index in [2.05, 4.69) is 15.3 Å². The molecule has 0 aliphatic heterocycles. The monoisotopic (exact) mass is 392 g/mol. The van der Waals surface area contributed by atoms with Gasteiger partial charge in [0.15, 0.2) is 0 Å². The quantitative estimate of drug-likeness (QED) is 0.263. The number of carboxylic acid groups (broad SMARTS) is 1. The van der Waals surface area contributed by atoms with E-state index < -0.39 is 24.2 Å². The molecule has 0 saturated heterocycles. The highest BCUT2D eigenvalue weighted by Crippen LogP contribution is 2.15. The number of benzene rings is 1. The Bertz CT molecular complexity index is 773. The summed E-state index contributed by atoms with van der Waals surface area (Å²) in [5, 5.41) is 41.7. The van der Waals surface area contributed by atoms with E-state index in [0.717, 1.165) is 0 Å². The minimum Gasteiger partial charge on any atom is -0.480 e. The van der Waals surface area contributed by atoms with Gasteiger partial charge in [0.05, 0.1) is 41.2 Å². The van der Waals surface area contributed by atoms with Crippen LogP contribution >= 0.6 is 0 Å². The van der Waals surface area contributed by atoms with E-state index in [4.69, 9.17) is 10.8 Å². The summed E-state index contributed by atoms with van der Waals surface area (Å²) in [4.78, 5) is 19.4. The van der Waals surface area contributed by atoms with Crippen molar-refractivity contribution >= 4 is 17.0 Å². The lowest BCUT2D eigenvalue weighted by Gasteiger charge is -2.19. The molecule has 1 aromatic heterocycles. The molecule has 0 radical (unpaired) electrons.